The van der Waals surface area contributed by atoms with Crippen LogP contribution in [0.4, 0.5) is 0 Å². The molecule has 0 unspecified atom stereocenters. The van der Waals surface area contributed by atoms with Gasteiger partial charge in [0.1, 0.15) is 0 Å². The maximum absolute atomic E-state index is 4.49. The quantitative estimate of drug-likeness (QED) is 0.188. The van der Waals surface area contributed by atoms with Crippen molar-refractivity contribution in [1.82, 2.24) is 13.7 Å². The maximum Gasteiger partial charge on any atom is 0.0947 e. The average Bonchev–Trinajstić information content (AvgIpc) is 3.77. The van der Waals surface area contributed by atoms with Crippen LogP contribution >= 0.6 is 0 Å². The molecule has 0 saturated carbocycles. The number of hydrogen-bond acceptors (Lipinski definition) is 0. The van der Waals surface area contributed by atoms with Crippen LogP contribution < -0.4 is 0 Å². The van der Waals surface area contributed by atoms with Crippen LogP contribution in [0.3, 0.4) is 0 Å². The van der Waals surface area contributed by atoms with Gasteiger partial charge in [-0.25, -0.2) is 0 Å². The third kappa shape index (κ3) is 3.64. The molecule has 0 bridgehead atoms. The fourth-order valence-electron chi connectivity index (χ4n) is 7.95. The minimum absolute atomic E-state index is 1.02. The van der Waals surface area contributed by atoms with Crippen molar-refractivity contribution in [2.24, 2.45) is 0 Å². The summed E-state index contributed by atoms with van der Waals surface area (Å²) in [4.78, 5) is 0. The molecule has 3 nitrogen and oxygen atoms in total. The second-order valence-corrected chi connectivity index (χ2v) is 12.8. The van der Waals surface area contributed by atoms with Crippen molar-refractivity contribution in [3.63, 3.8) is 0 Å². The zero-order valence-corrected chi connectivity index (χ0v) is 26.6. The van der Waals surface area contributed by atoms with Gasteiger partial charge in [-0.2, -0.15) is 0 Å². The van der Waals surface area contributed by atoms with Crippen LogP contribution in [0.15, 0.2) is 164 Å². The summed E-state index contributed by atoms with van der Waals surface area (Å²) >= 11 is 0. The number of allylic oxidation sites excluding steroid dienone is 1. The third-order valence-electron chi connectivity index (χ3n) is 10.0. The second-order valence-electron chi connectivity index (χ2n) is 12.8. The summed E-state index contributed by atoms with van der Waals surface area (Å²) in [5.74, 6) is 0. The monoisotopic (exact) mass is 613 g/mol. The van der Waals surface area contributed by atoms with E-state index in [2.05, 4.69) is 185 Å². The van der Waals surface area contributed by atoms with Gasteiger partial charge in [0.15, 0.2) is 0 Å². The van der Waals surface area contributed by atoms with E-state index in [1.54, 1.807) is 0 Å². The molecule has 0 aliphatic heterocycles. The standard InChI is InChI=1S/C45H31N3/c1-29(2)30-27-43(46-37-21-9-3-15-31(37)32-16-4-10-22-38(32)46)45(48-41-25-13-7-19-35(41)36-20-8-14-26-42(36)48)44(28-30)47-39-23-11-5-17-33(39)34-18-6-12-24-40(34)47/h3-28H,1H2,2H3. The van der Waals surface area contributed by atoms with Gasteiger partial charge < -0.3 is 13.7 Å². The highest BCUT2D eigenvalue weighted by molar-refractivity contribution is 6.13. The molecule has 3 heterocycles. The summed E-state index contributed by atoms with van der Waals surface area (Å²) in [6, 6.07) is 57.4. The van der Waals surface area contributed by atoms with Crippen LogP contribution in [0, 0.1) is 0 Å². The maximum atomic E-state index is 4.49. The summed E-state index contributed by atoms with van der Waals surface area (Å²) in [5.41, 5.74) is 12.5. The van der Waals surface area contributed by atoms with E-state index >= 15 is 0 Å². The van der Waals surface area contributed by atoms with Crippen molar-refractivity contribution in [2.75, 3.05) is 0 Å². The lowest BCUT2D eigenvalue weighted by atomic mass is 10.0. The summed E-state index contributed by atoms with van der Waals surface area (Å²) in [6.07, 6.45) is 0. The van der Waals surface area contributed by atoms with E-state index in [4.69, 9.17) is 0 Å². The average molecular weight is 614 g/mol. The van der Waals surface area contributed by atoms with Crippen LogP contribution in [-0.4, -0.2) is 13.7 Å². The van der Waals surface area contributed by atoms with Gasteiger partial charge in [0.2, 0.25) is 0 Å². The molecular formula is C45H31N3. The molecular weight excluding hydrogens is 583 g/mol. The summed E-state index contributed by atoms with van der Waals surface area (Å²) < 4.78 is 7.42. The van der Waals surface area contributed by atoms with E-state index in [0.29, 0.717) is 0 Å². The van der Waals surface area contributed by atoms with Crippen LogP contribution in [0.5, 0.6) is 0 Å². The molecule has 0 spiro atoms. The highest BCUT2D eigenvalue weighted by Crippen LogP contribution is 2.43. The minimum atomic E-state index is 1.02. The molecule has 0 fully saturated rings. The Morgan fingerprint density at radius 2 is 0.625 bits per heavy atom. The number of fused-ring (bicyclic) bond motifs is 9. The zero-order valence-electron chi connectivity index (χ0n) is 26.6. The molecule has 0 aliphatic carbocycles. The van der Waals surface area contributed by atoms with Gasteiger partial charge in [-0.15, -0.1) is 0 Å². The van der Waals surface area contributed by atoms with Crippen molar-refractivity contribution in [3.05, 3.63) is 170 Å². The highest BCUT2D eigenvalue weighted by atomic mass is 15.1. The zero-order chi connectivity index (χ0) is 31.9. The Morgan fingerprint density at radius 1 is 0.375 bits per heavy atom. The predicted octanol–water partition coefficient (Wildman–Crippen LogP) is 12.0. The number of nitrogens with zero attached hydrogens (tertiary/aromatic N) is 3. The van der Waals surface area contributed by atoms with Crippen molar-refractivity contribution in [2.45, 2.75) is 6.92 Å². The molecule has 0 saturated heterocycles. The molecule has 10 aromatic rings. The molecule has 10 rings (SSSR count). The van der Waals surface area contributed by atoms with E-state index in [0.717, 1.165) is 28.2 Å². The van der Waals surface area contributed by atoms with E-state index in [1.807, 2.05) is 0 Å². The Balaban J connectivity index is 1.50. The van der Waals surface area contributed by atoms with Gasteiger partial charge in [0, 0.05) is 32.3 Å². The van der Waals surface area contributed by atoms with Crippen molar-refractivity contribution in [3.8, 4) is 17.1 Å². The van der Waals surface area contributed by atoms with Gasteiger partial charge >= 0.3 is 0 Å². The van der Waals surface area contributed by atoms with Crippen LogP contribution in [-0.2, 0) is 0 Å². The lowest BCUT2D eigenvalue weighted by Gasteiger charge is -2.23. The Hall–Kier alpha value is -6.32. The molecule has 0 aliphatic rings. The molecule has 3 heteroatoms. The molecule has 226 valence electrons. The first kappa shape index (κ1) is 26.9. The highest BCUT2D eigenvalue weighted by Gasteiger charge is 2.25. The molecule has 0 N–H and O–H groups in total. The van der Waals surface area contributed by atoms with E-state index in [-0.39, 0.29) is 0 Å². The van der Waals surface area contributed by atoms with E-state index < -0.39 is 0 Å². The van der Waals surface area contributed by atoms with Crippen molar-refractivity contribution >= 4 is 71.0 Å². The number of benzene rings is 7. The Morgan fingerprint density at radius 3 is 0.896 bits per heavy atom. The van der Waals surface area contributed by atoms with Crippen LogP contribution in [0.1, 0.15) is 12.5 Å². The molecule has 0 atom stereocenters. The van der Waals surface area contributed by atoms with Gasteiger partial charge in [0.25, 0.3) is 0 Å². The van der Waals surface area contributed by atoms with Crippen LogP contribution in [0.2, 0.25) is 0 Å². The van der Waals surface area contributed by atoms with Gasteiger partial charge in [-0.1, -0.05) is 121 Å². The first-order valence-corrected chi connectivity index (χ1v) is 16.5. The number of rotatable bonds is 4. The fraction of sp³-hybridized carbons (Fsp3) is 0.0222. The van der Waals surface area contributed by atoms with E-state index in [9.17, 15) is 0 Å². The first-order chi connectivity index (χ1) is 23.7. The summed E-state index contributed by atoms with van der Waals surface area (Å²) in [7, 11) is 0. The number of para-hydroxylation sites is 6. The largest absolute Gasteiger partial charge is 0.307 e. The second kappa shape index (κ2) is 10.1. The number of hydrogen-bond donors (Lipinski definition) is 0. The summed E-state index contributed by atoms with van der Waals surface area (Å²) in [5, 5.41) is 7.42. The lowest BCUT2D eigenvalue weighted by Crippen LogP contribution is -2.10. The molecule has 0 radical (unpaired) electrons. The van der Waals surface area contributed by atoms with E-state index in [1.165, 1.54) is 65.4 Å². The van der Waals surface area contributed by atoms with Gasteiger partial charge in [0.05, 0.1) is 50.2 Å². The third-order valence-corrected chi connectivity index (χ3v) is 10.0. The predicted molar refractivity (Wildman–Crippen MR) is 204 cm³/mol. The molecule has 3 aromatic heterocycles. The fourth-order valence-corrected chi connectivity index (χ4v) is 7.95. The van der Waals surface area contributed by atoms with Crippen molar-refractivity contribution < 1.29 is 0 Å². The Kier molecular flexibility index (Phi) is 5.64. The Bertz CT molecular complexity index is 2630. The lowest BCUT2D eigenvalue weighted by molar-refractivity contribution is 1.05. The number of aromatic nitrogens is 3. The smallest absolute Gasteiger partial charge is 0.0947 e. The van der Waals surface area contributed by atoms with Crippen molar-refractivity contribution in [1.29, 1.82) is 0 Å². The molecule has 7 aromatic carbocycles. The van der Waals surface area contributed by atoms with Gasteiger partial charge in [-0.05, 0) is 61.0 Å². The minimum Gasteiger partial charge on any atom is -0.307 e. The van der Waals surface area contributed by atoms with Gasteiger partial charge in [-0.3, -0.25) is 0 Å². The SMILES string of the molecule is C=C(C)c1cc(-n2c3ccccc3c3ccccc32)c(-n2c3ccccc3c3ccccc32)c(-n2c3ccccc3c3ccccc32)c1. The molecule has 0 amide bonds. The first-order valence-electron chi connectivity index (χ1n) is 16.5. The summed E-state index contributed by atoms with van der Waals surface area (Å²) in [6.45, 7) is 6.60. The normalized spacial score (nSPS) is 11.9. The topological polar surface area (TPSA) is 14.8 Å². The Labute approximate surface area is 277 Å². The van der Waals surface area contributed by atoms with Crippen LogP contribution in [0.25, 0.3) is 88.1 Å². The molecule has 48 heavy (non-hydrogen) atoms.